The van der Waals surface area contributed by atoms with Crippen LogP contribution in [0.2, 0.25) is 0 Å². The van der Waals surface area contributed by atoms with Crippen molar-refractivity contribution in [1.82, 2.24) is 9.55 Å². The van der Waals surface area contributed by atoms with Gasteiger partial charge < -0.3 is 9.80 Å². The molecule has 1 aliphatic heterocycles. The molecule has 11 rings (SSSR count). The fourth-order valence-corrected chi connectivity index (χ4v) is 9.59. The van der Waals surface area contributed by atoms with Crippen molar-refractivity contribution >= 4 is 38.9 Å². The van der Waals surface area contributed by atoms with Crippen LogP contribution in [0.25, 0.3) is 49.9 Å². The summed E-state index contributed by atoms with van der Waals surface area (Å²) < 4.78 is 2.36. The normalized spacial score (nSPS) is 14.0. The van der Waals surface area contributed by atoms with E-state index in [9.17, 15) is 0 Å². The van der Waals surface area contributed by atoms with Crippen molar-refractivity contribution in [2.75, 3.05) is 23.5 Å². The minimum Gasteiger partial charge on any atom is -0.355 e. The van der Waals surface area contributed by atoms with Gasteiger partial charge in [0.2, 0.25) is 0 Å². The molecule has 0 saturated carbocycles. The zero-order chi connectivity index (χ0) is 36.7. The number of benzene rings is 7. The van der Waals surface area contributed by atoms with Gasteiger partial charge in [-0.1, -0.05) is 127 Å². The second-order valence-electron chi connectivity index (χ2n) is 14.9. The minimum atomic E-state index is -0.569. The van der Waals surface area contributed by atoms with Gasteiger partial charge >= 0.3 is 0 Å². The maximum atomic E-state index is 5.05. The summed E-state index contributed by atoms with van der Waals surface area (Å²) in [4.78, 5) is 9.81. The van der Waals surface area contributed by atoms with Crippen molar-refractivity contribution in [3.63, 3.8) is 0 Å². The number of pyridine rings is 1. The molecule has 4 nitrogen and oxygen atoms in total. The highest BCUT2D eigenvalue weighted by molar-refractivity contribution is 6.09. The summed E-state index contributed by atoms with van der Waals surface area (Å²) in [6.07, 6.45) is 1.95. The van der Waals surface area contributed by atoms with Crippen LogP contribution in [-0.4, -0.2) is 23.3 Å². The van der Waals surface area contributed by atoms with Gasteiger partial charge in [-0.2, -0.15) is 0 Å². The Morgan fingerprint density at radius 3 is 1.98 bits per heavy atom. The maximum absolute atomic E-state index is 5.05. The molecule has 0 atom stereocenters. The van der Waals surface area contributed by atoms with Gasteiger partial charge in [0, 0.05) is 29.7 Å². The summed E-state index contributed by atoms with van der Waals surface area (Å²) in [5.41, 5.74) is 16.6. The Balaban J connectivity index is 1.19. The number of anilines is 3. The van der Waals surface area contributed by atoms with E-state index in [1.165, 1.54) is 72.3 Å². The van der Waals surface area contributed by atoms with Gasteiger partial charge in [-0.05, 0) is 106 Å². The standard InChI is InChI=1S/C51H38N4/c1-34-14-3-4-17-39(34)35-28-29-52-50(30-35)55-46-23-10-7-20-42(46)43-27-26-37(32-49(43)55)51(44-21-8-5-18-40(44)41-19-6-9-22-45(41)51)36-15-13-16-38(31-36)54-33-53(2)47-24-11-12-25-48(47)54/h3-32H,33H2,1-2H3. The molecule has 0 unspecified atom stereocenters. The molecule has 0 radical (unpaired) electrons. The van der Waals surface area contributed by atoms with Gasteiger partial charge in [-0.3, -0.25) is 4.57 Å². The fraction of sp³-hybridized carbons (Fsp3) is 0.0784. The Hall–Kier alpha value is -6.91. The van der Waals surface area contributed by atoms with Crippen LogP contribution in [0.1, 0.15) is 27.8 Å². The van der Waals surface area contributed by atoms with Crippen molar-refractivity contribution in [3.05, 3.63) is 210 Å². The molecule has 3 heterocycles. The molecule has 0 bridgehead atoms. The highest BCUT2D eigenvalue weighted by Crippen LogP contribution is 2.57. The predicted molar refractivity (Wildman–Crippen MR) is 228 cm³/mol. The van der Waals surface area contributed by atoms with E-state index < -0.39 is 5.41 Å². The van der Waals surface area contributed by atoms with Crippen molar-refractivity contribution in [2.45, 2.75) is 12.3 Å². The quantitative estimate of drug-likeness (QED) is 0.178. The van der Waals surface area contributed by atoms with Crippen LogP contribution in [-0.2, 0) is 5.41 Å². The number of fused-ring (bicyclic) bond motifs is 7. The largest absolute Gasteiger partial charge is 0.355 e. The summed E-state index contributed by atoms with van der Waals surface area (Å²) in [7, 11) is 2.17. The van der Waals surface area contributed by atoms with Gasteiger partial charge in [0.1, 0.15) is 5.82 Å². The predicted octanol–water partition coefficient (Wildman–Crippen LogP) is 12.1. The maximum Gasteiger partial charge on any atom is 0.138 e. The van der Waals surface area contributed by atoms with Gasteiger partial charge in [0.25, 0.3) is 0 Å². The van der Waals surface area contributed by atoms with E-state index >= 15 is 0 Å². The van der Waals surface area contributed by atoms with Gasteiger partial charge in [-0.15, -0.1) is 0 Å². The SMILES string of the molecule is Cc1ccccc1-c1ccnc(-n2c3ccccc3c3ccc(C4(c5cccc(N6CN(C)c7ccccc76)c5)c5ccccc5-c5ccccc54)cc32)c1. The molecular formula is C51H38N4. The molecule has 0 spiro atoms. The smallest absolute Gasteiger partial charge is 0.138 e. The van der Waals surface area contributed by atoms with E-state index in [2.05, 4.69) is 204 Å². The Labute approximate surface area is 321 Å². The molecule has 2 aromatic heterocycles. The van der Waals surface area contributed by atoms with Gasteiger partial charge in [0.05, 0.1) is 34.5 Å². The number of aryl methyl sites for hydroxylation is 1. The Morgan fingerprint density at radius 1 is 0.527 bits per heavy atom. The lowest BCUT2D eigenvalue weighted by Gasteiger charge is -2.35. The first-order valence-corrected chi connectivity index (χ1v) is 19.0. The van der Waals surface area contributed by atoms with Crippen LogP contribution in [0.15, 0.2) is 182 Å². The van der Waals surface area contributed by atoms with E-state index in [4.69, 9.17) is 4.98 Å². The second-order valence-corrected chi connectivity index (χ2v) is 14.9. The molecular weight excluding hydrogens is 669 g/mol. The van der Waals surface area contributed by atoms with Gasteiger partial charge in [0.15, 0.2) is 0 Å². The molecule has 2 aliphatic rings. The number of aromatic nitrogens is 2. The lowest BCUT2D eigenvalue weighted by Crippen LogP contribution is -2.29. The first-order valence-electron chi connectivity index (χ1n) is 19.0. The third-order valence-corrected chi connectivity index (χ3v) is 12.0. The highest BCUT2D eigenvalue weighted by Gasteiger charge is 2.46. The van der Waals surface area contributed by atoms with Crippen LogP contribution in [0.5, 0.6) is 0 Å². The summed E-state index contributed by atoms with van der Waals surface area (Å²) in [6.45, 7) is 2.97. The first kappa shape index (κ1) is 31.6. The number of para-hydroxylation sites is 3. The fourth-order valence-electron chi connectivity index (χ4n) is 9.59. The Bertz CT molecular complexity index is 2930. The minimum absolute atomic E-state index is 0.569. The van der Waals surface area contributed by atoms with Crippen molar-refractivity contribution in [2.24, 2.45) is 0 Å². The molecule has 0 amide bonds. The molecule has 55 heavy (non-hydrogen) atoms. The molecule has 262 valence electrons. The molecule has 0 N–H and O–H groups in total. The van der Waals surface area contributed by atoms with E-state index in [-0.39, 0.29) is 0 Å². The zero-order valence-electron chi connectivity index (χ0n) is 30.8. The van der Waals surface area contributed by atoms with Crippen LogP contribution >= 0.6 is 0 Å². The molecule has 0 saturated heterocycles. The first-order chi connectivity index (χ1) is 27.1. The number of hydrogen-bond acceptors (Lipinski definition) is 3. The van der Waals surface area contributed by atoms with Crippen LogP contribution in [0.4, 0.5) is 17.1 Å². The third kappa shape index (κ3) is 4.55. The average molecular weight is 707 g/mol. The van der Waals surface area contributed by atoms with Crippen LogP contribution in [0.3, 0.4) is 0 Å². The molecule has 4 heteroatoms. The average Bonchev–Trinajstić information content (AvgIpc) is 3.87. The summed E-state index contributed by atoms with van der Waals surface area (Å²) in [5.74, 6) is 0.907. The molecule has 1 aliphatic carbocycles. The van der Waals surface area contributed by atoms with Crippen molar-refractivity contribution in [1.29, 1.82) is 0 Å². The third-order valence-electron chi connectivity index (χ3n) is 12.0. The summed E-state index contributed by atoms with van der Waals surface area (Å²) >= 11 is 0. The number of rotatable bonds is 5. The monoisotopic (exact) mass is 706 g/mol. The number of hydrogen-bond donors (Lipinski definition) is 0. The van der Waals surface area contributed by atoms with E-state index in [0.29, 0.717) is 0 Å². The van der Waals surface area contributed by atoms with Crippen molar-refractivity contribution < 1.29 is 0 Å². The van der Waals surface area contributed by atoms with E-state index in [1.54, 1.807) is 0 Å². The van der Waals surface area contributed by atoms with E-state index in [1.807, 2.05) is 6.20 Å². The number of nitrogens with zero attached hydrogens (tertiary/aromatic N) is 4. The van der Waals surface area contributed by atoms with Crippen LogP contribution < -0.4 is 9.80 Å². The summed E-state index contributed by atoms with van der Waals surface area (Å²) in [6, 6.07) is 64.8. The topological polar surface area (TPSA) is 24.3 Å². The molecule has 9 aromatic rings. The highest BCUT2D eigenvalue weighted by atomic mass is 15.4. The second kappa shape index (κ2) is 12.1. The lowest BCUT2D eigenvalue weighted by atomic mass is 9.67. The Morgan fingerprint density at radius 2 is 1.18 bits per heavy atom. The van der Waals surface area contributed by atoms with Crippen LogP contribution in [0, 0.1) is 6.92 Å². The Kier molecular flexibility index (Phi) is 6.93. The molecule has 0 fully saturated rings. The van der Waals surface area contributed by atoms with E-state index in [0.717, 1.165) is 29.1 Å². The van der Waals surface area contributed by atoms with Crippen molar-refractivity contribution in [3.8, 4) is 28.1 Å². The zero-order valence-corrected chi connectivity index (χ0v) is 30.8. The summed E-state index contributed by atoms with van der Waals surface area (Å²) in [5, 5.41) is 2.43. The lowest BCUT2D eigenvalue weighted by molar-refractivity contribution is 0.768. The van der Waals surface area contributed by atoms with Gasteiger partial charge in [-0.25, -0.2) is 4.98 Å². The molecule has 7 aromatic carbocycles.